The van der Waals surface area contributed by atoms with E-state index in [1.165, 1.54) is 0 Å². The second-order valence-corrected chi connectivity index (χ2v) is 6.42. The van der Waals surface area contributed by atoms with Gasteiger partial charge in [0.05, 0.1) is 18.2 Å². The van der Waals surface area contributed by atoms with Crippen LogP contribution in [0.25, 0.3) is 0 Å². The van der Waals surface area contributed by atoms with Crippen molar-refractivity contribution in [1.29, 1.82) is 0 Å². The quantitative estimate of drug-likeness (QED) is 0.576. The van der Waals surface area contributed by atoms with E-state index in [9.17, 15) is 5.11 Å². The number of guanidine groups is 1. The maximum atomic E-state index is 10.4. The molecule has 1 aliphatic rings. The molecular weight excluding hydrogens is 298 g/mol. The first-order chi connectivity index (χ1) is 10.5. The average molecular weight is 324 g/mol. The summed E-state index contributed by atoms with van der Waals surface area (Å²) in [5.41, 5.74) is 0.407. The van der Waals surface area contributed by atoms with E-state index >= 15 is 0 Å². The fourth-order valence-corrected chi connectivity index (χ4v) is 3.15. The Kier molecular flexibility index (Phi) is 6.09. The zero-order valence-electron chi connectivity index (χ0n) is 13.4. The summed E-state index contributed by atoms with van der Waals surface area (Å²) in [7, 11) is 0. The Morgan fingerprint density at radius 2 is 2.05 bits per heavy atom. The lowest BCUT2D eigenvalue weighted by Crippen LogP contribution is -2.40. The number of benzene rings is 1. The first-order valence-corrected chi connectivity index (χ1v) is 8.43. The lowest BCUT2D eigenvalue weighted by Gasteiger charge is -2.22. The van der Waals surface area contributed by atoms with Crippen LogP contribution in [0.15, 0.2) is 29.3 Å². The summed E-state index contributed by atoms with van der Waals surface area (Å²) in [5.74, 6) is 0.718. The molecule has 1 unspecified atom stereocenters. The Hall–Kier alpha value is -1.26. The van der Waals surface area contributed by atoms with Crippen molar-refractivity contribution in [2.24, 2.45) is 4.99 Å². The molecule has 3 N–H and O–H groups in total. The molecule has 122 valence electrons. The van der Waals surface area contributed by atoms with E-state index in [0.29, 0.717) is 6.54 Å². The van der Waals surface area contributed by atoms with Crippen LogP contribution < -0.4 is 10.6 Å². The predicted octanol–water partition coefficient (Wildman–Crippen LogP) is 3.26. The molecule has 0 saturated heterocycles. The molecule has 2 rings (SSSR count). The molecule has 1 aliphatic carbocycles. The van der Waals surface area contributed by atoms with Crippen LogP contribution >= 0.6 is 11.6 Å². The molecular formula is C17H26ClN3O. The van der Waals surface area contributed by atoms with Crippen LogP contribution in [0.5, 0.6) is 0 Å². The van der Waals surface area contributed by atoms with Crippen molar-refractivity contribution in [2.45, 2.75) is 51.2 Å². The van der Waals surface area contributed by atoms with Crippen LogP contribution in [-0.4, -0.2) is 29.8 Å². The highest BCUT2D eigenvalue weighted by molar-refractivity contribution is 6.31. The summed E-state index contributed by atoms with van der Waals surface area (Å²) >= 11 is 6.24. The number of nitrogens with one attached hydrogen (secondary N) is 2. The largest absolute Gasteiger partial charge is 0.388 e. The maximum absolute atomic E-state index is 10.4. The molecule has 0 radical (unpaired) electrons. The van der Waals surface area contributed by atoms with E-state index in [4.69, 9.17) is 11.6 Å². The first-order valence-electron chi connectivity index (χ1n) is 8.06. The second-order valence-electron chi connectivity index (χ2n) is 6.01. The van der Waals surface area contributed by atoms with Crippen molar-refractivity contribution < 1.29 is 5.11 Å². The summed E-state index contributed by atoms with van der Waals surface area (Å²) in [6.07, 6.45) is 3.87. The SMILES string of the molecule is CCNC(=NCC1(O)CCCC1)NC(C)c1ccccc1Cl. The molecule has 1 atom stereocenters. The minimum Gasteiger partial charge on any atom is -0.388 e. The van der Waals surface area contributed by atoms with Gasteiger partial charge in [-0.2, -0.15) is 0 Å². The second kappa shape index (κ2) is 7.84. The number of aliphatic hydroxyl groups is 1. The predicted molar refractivity (Wildman–Crippen MR) is 92.4 cm³/mol. The van der Waals surface area contributed by atoms with Crippen LogP contribution in [0, 0.1) is 0 Å². The zero-order valence-corrected chi connectivity index (χ0v) is 14.2. The van der Waals surface area contributed by atoms with Crippen LogP contribution in [-0.2, 0) is 0 Å². The molecule has 1 aromatic rings. The molecule has 5 heteroatoms. The molecule has 0 heterocycles. The van der Waals surface area contributed by atoms with E-state index in [1.807, 2.05) is 31.2 Å². The summed E-state index contributed by atoms with van der Waals surface area (Å²) in [4.78, 5) is 4.56. The fourth-order valence-electron chi connectivity index (χ4n) is 2.85. The van der Waals surface area contributed by atoms with Crippen LogP contribution in [0.3, 0.4) is 0 Å². The average Bonchev–Trinajstić information content (AvgIpc) is 2.93. The molecule has 0 aromatic heterocycles. The van der Waals surface area contributed by atoms with Gasteiger partial charge in [-0.15, -0.1) is 0 Å². The van der Waals surface area contributed by atoms with E-state index in [2.05, 4.69) is 22.5 Å². The maximum Gasteiger partial charge on any atom is 0.191 e. The Morgan fingerprint density at radius 3 is 2.68 bits per heavy atom. The first kappa shape index (κ1) is 17.1. The molecule has 1 fully saturated rings. The van der Waals surface area contributed by atoms with Crippen LogP contribution in [0.2, 0.25) is 5.02 Å². The summed E-state index contributed by atoms with van der Waals surface area (Å²) in [6.45, 7) is 5.30. The topological polar surface area (TPSA) is 56.7 Å². The number of aliphatic imine (C=N–C) groups is 1. The summed E-state index contributed by atoms with van der Waals surface area (Å²) in [5, 5.41) is 17.8. The Labute approximate surface area is 138 Å². The highest BCUT2D eigenvalue weighted by Gasteiger charge is 2.30. The van der Waals surface area contributed by atoms with E-state index in [-0.39, 0.29) is 6.04 Å². The Balaban J connectivity index is 2.03. The van der Waals surface area contributed by atoms with E-state index in [0.717, 1.165) is 48.8 Å². The standard InChI is InChI=1S/C17H26ClN3O/c1-3-19-16(20-12-17(22)10-6-7-11-17)21-13(2)14-8-4-5-9-15(14)18/h4-5,8-9,13,22H,3,6-7,10-12H2,1-2H3,(H2,19,20,21). The smallest absolute Gasteiger partial charge is 0.191 e. The third-order valence-electron chi connectivity index (χ3n) is 4.13. The Bertz CT molecular complexity index is 512. The normalized spacial score (nSPS) is 19.0. The molecule has 4 nitrogen and oxygen atoms in total. The fraction of sp³-hybridized carbons (Fsp3) is 0.588. The van der Waals surface area contributed by atoms with Crippen molar-refractivity contribution in [1.82, 2.24) is 10.6 Å². The lowest BCUT2D eigenvalue weighted by atomic mass is 10.0. The summed E-state index contributed by atoms with van der Waals surface area (Å²) in [6, 6.07) is 7.84. The minimum atomic E-state index is -0.629. The van der Waals surface area contributed by atoms with Gasteiger partial charge in [0.2, 0.25) is 0 Å². The highest BCUT2D eigenvalue weighted by atomic mass is 35.5. The van der Waals surface area contributed by atoms with Crippen LogP contribution in [0.1, 0.15) is 51.1 Å². The van der Waals surface area contributed by atoms with Crippen molar-refractivity contribution >= 4 is 17.6 Å². The molecule has 0 aliphatic heterocycles. The van der Waals surface area contributed by atoms with Gasteiger partial charge in [0.1, 0.15) is 0 Å². The van der Waals surface area contributed by atoms with Crippen LogP contribution in [0.4, 0.5) is 0 Å². The van der Waals surface area contributed by atoms with Gasteiger partial charge in [0.15, 0.2) is 5.96 Å². The van der Waals surface area contributed by atoms with Crippen molar-refractivity contribution in [2.75, 3.05) is 13.1 Å². The van der Waals surface area contributed by atoms with Crippen molar-refractivity contribution in [3.63, 3.8) is 0 Å². The van der Waals surface area contributed by atoms with Crippen molar-refractivity contribution in [3.05, 3.63) is 34.9 Å². The minimum absolute atomic E-state index is 0.0460. The van der Waals surface area contributed by atoms with Crippen molar-refractivity contribution in [3.8, 4) is 0 Å². The number of rotatable bonds is 5. The molecule has 0 bridgehead atoms. The van der Waals surface area contributed by atoms with E-state index < -0.39 is 5.60 Å². The lowest BCUT2D eigenvalue weighted by molar-refractivity contribution is 0.0574. The third-order valence-corrected chi connectivity index (χ3v) is 4.48. The molecule has 0 spiro atoms. The molecule has 1 aromatic carbocycles. The van der Waals surface area contributed by atoms with Gasteiger partial charge in [0.25, 0.3) is 0 Å². The van der Waals surface area contributed by atoms with Gasteiger partial charge in [-0.3, -0.25) is 4.99 Å². The zero-order chi connectivity index (χ0) is 16.0. The van der Waals surface area contributed by atoms with E-state index in [1.54, 1.807) is 0 Å². The van der Waals surface area contributed by atoms with Gasteiger partial charge in [0, 0.05) is 11.6 Å². The van der Waals surface area contributed by atoms with Gasteiger partial charge >= 0.3 is 0 Å². The number of nitrogens with zero attached hydrogens (tertiary/aromatic N) is 1. The number of halogens is 1. The van der Waals surface area contributed by atoms with Gasteiger partial charge in [-0.05, 0) is 38.3 Å². The molecule has 0 amide bonds. The number of hydrogen-bond acceptors (Lipinski definition) is 2. The molecule has 22 heavy (non-hydrogen) atoms. The number of hydrogen-bond donors (Lipinski definition) is 3. The Morgan fingerprint density at radius 1 is 1.36 bits per heavy atom. The monoisotopic (exact) mass is 323 g/mol. The van der Waals surface area contributed by atoms with Gasteiger partial charge < -0.3 is 15.7 Å². The van der Waals surface area contributed by atoms with Gasteiger partial charge in [-0.1, -0.05) is 42.6 Å². The highest BCUT2D eigenvalue weighted by Crippen LogP contribution is 2.29. The van der Waals surface area contributed by atoms with Gasteiger partial charge in [-0.25, -0.2) is 0 Å². The summed E-state index contributed by atoms with van der Waals surface area (Å²) < 4.78 is 0. The molecule has 1 saturated carbocycles. The third kappa shape index (κ3) is 4.62.